The Morgan fingerprint density at radius 1 is 1.17 bits per heavy atom. The summed E-state index contributed by atoms with van der Waals surface area (Å²) in [6.45, 7) is 4.30. The number of nitrogens with zero attached hydrogens (tertiary/aromatic N) is 3. The first kappa shape index (κ1) is 19.6. The van der Waals surface area contributed by atoms with Crippen LogP contribution in [0.5, 0.6) is 0 Å². The van der Waals surface area contributed by atoms with E-state index in [9.17, 15) is 13.2 Å². The second-order valence-corrected chi connectivity index (χ2v) is 7.31. The van der Waals surface area contributed by atoms with Crippen molar-refractivity contribution in [2.45, 2.75) is 45.5 Å². The van der Waals surface area contributed by atoms with E-state index in [1.807, 2.05) is 12.3 Å². The minimum atomic E-state index is -4.37. The first-order chi connectivity index (χ1) is 13.9. The lowest BCUT2D eigenvalue weighted by molar-refractivity contribution is -0.137. The summed E-state index contributed by atoms with van der Waals surface area (Å²) in [7, 11) is 0. The van der Waals surface area contributed by atoms with Crippen LogP contribution in [0.15, 0.2) is 47.0 Å². The van der Waals surface area contributed by atoms with Crippen LogP contribution in [0, 0.1) is 0 Å². The SMILES string of the molecule is CCCc1ncc2c(n1)CCN(Cc1ccc(-c3cccc(C(F)(F)F)c3)o1)C2. The highest BCUT2D eigenvalue weighted by Crippen LogP contribution is 2.33. The molecule has 3 aromatic rings. The van der Waals surface area contributed by atoms with Crippen LogP contribution in [0.3, 0.4) is 0 Å². The third kappa shape index (κ3) is 4.50. The number of benzene rings is 1. The lowest BCUT2D eigenvalue weighted by Crippen LogP contribution is -2.31. The third-order valence-corrected chi connectivity index (χ3v) is 5.05. The fraction of sp³-hybridized carbons (Fsp3) is 0.364. The van der Waals surface area contributed by atoms with Gasteiger partial charge in [-0.3, -0.25) is 4.90 Å². The van der Waals surface area contributed by atoms with Crippen molar-refractivity contribution in [3.63, 3.8) is 0 Å². The average molecular weight is 401 g/mol. The Balaban J connectivity index is 1.45. The fourth-order valence-corrected chi connectivity index (χ4v) is 3.58. The Hall–Kier alpha value is -2.67. The van der Waals surface area contributed by atoms with E-state index in [1.165, 1.54) is 6.07 Å². The van der Waals surface area contributed by atoms with Crippen LogP contribution in [0.2, 0.25) is 0 Å². The molecule has 0 bridgehead atoms. The van der Waals surface area contributed by atoms with Crippen LogP contribution in [-0.2, 0) is 32.1 Å². The summed E-state index contributed by atoms with van der Waals surface area (Å²) in [5.41, 5.74) is 1.99. The van der Waals surface area contributed by atoms with E-state index in [0.29, 0.717) is 17.9 Å². The molecule has 1 aliphatic rings. The van der Waals surface area contributed by atoms with Crippen molar-refractivity contribution in [2.75, 3.05) is 6.54 Å². The molecule has 0 amide bonds. The summed E-state index contributed by atoms with van der Waals surface area (Å²) >= 11 is 0. The van der Waals surface area contributed by atoms with Crippen molar-refractivity contribution >= 4 is 0 Å². The maximum Gasteiger partial charge on any atom is 0.416 e. The molecule has 4 rings (SSSR count). The van der Waals surface area contributed by atoms with Crippen LogP contribution in [0.1, 0.15) is 41.8 Å². The lowest BCUT2D eigenvalue weighted by atomic mass is 10.1. The molecule has 0 aliphatic carbocycles. The molecular weight excluding hydrogens is 379 g/mol. The number of furan rings is 1. The van der Waals surface area contributed by atoms with Crippen LogP contribution >= 0.6 is 0 Å². The van der Waals surface area contributed by atoms with Gasteiger partial charge in [0.25, 0.3) is 0 Å². The van der Waals surface area contributed by atoms with Gasteiger partial charge >= 0.3 is 6.18 Å². The molecule has 152 valence electrons. The van der Waals surface area contributed by atoms with E-state index in [2.05, 4.69) is 21.8 Å². The van der Waals surface area contributed by atoms with Crippen molar-refractivity contribution < 1.29 is 17.6 Å². The number of halogens is 3. The summed E-state index contributed by atoms with van der Waals surface area (Å²) in [5, 5.41) is 0. The Morgan fingerprint density at radius 3 is 2.83 bits per heavy atom. The highest BCUT2D eigenvalue weighted by atomic mass is 19.4. The molecule has 0 atom stereocenters. The molecule has 0 radical (unpaired) electrons. The minimum Gasteiger partial charge on any atom is -0.460 e. The van der Waals surface area contributed by atoms with E-state index in [-0.39, 0.29) is 0 Å². The molecule has 3 heterocycles. The van der Waals surface area contributed by atoms with Gasteiger partial charge in [0.1, 0.15) is 17.3 Å². The van der Waals surface area contributed by atoms with Gasteiger partial charge in [0.15, 0.2) is 0 Å². The number of hydrogen-bond donors (Lipinski definition) is 0. The van der Waals surface area contributed by atoms with E-state index >= 15 is 0 Å². The molecule has 1 aliphatic heterocycles. The molecule has 0 fully saturated rings. The standard InChI is InChI=1S/C22H22F3N3O/c1-2-4-21-26-12-16-13-28(10-9-19(16)27-21)14-18-7-8-20(29-18)15-5-3-6-17(11-15)22(23,24)25/h3,5-8,11-12H,2,4,9-10,13-14H2,1H3. The van der Waals surface area contributed by atoms with Crippen LogP contribution < -0.4 is 0 Å². The molecule has 0 saturated heterocycles. The first-order valence-electron chi connectivity index (χ1n) is 9.74. The van der Waals surface area contributed by atoms with Crippen molar-refractivity contribution in [2.24, 2.45) is 0 Å². The number of alkyl halides is 3. The van der Waals surface area contributed by atoms with Crippen molar-refractivity contribution in [3.05, 3.63) is 71.0 Å². The number of hydrogen-bond acceptors (Lipinski definition) is 4. The molecule has 0 N–H and O–H groups in total. The molecule has 7 heteroatoms. The monoisotopic (exact) mass is 401 g/mol. The number of aryl methyl sites for hydroxylation is 1. The van der Waals surface area contributed by atoms with Gasteiger partial charge in [0, 0.05) is 48.9 Å². The molecular formula is C22H22F3N3O. The lowest BCUT2D eigenvalue weighted by Gasteiger charge is -2.27. The van der Waals surface area contributed by atoms with E-state index in [1.54, 1.807) is 12.1 Å². The summed E-state index contributed by atoms with van der Waals surface area (Å²) in [4.78, 5) is 11.3. The first-order valence-corrected chi connectivity index (χ1v) is 9.74. The quantitative estimate of drug-likeness (QED) is 0.584. The van der Waals surface area contributed by atoms with Crippen LogP contribution in [0.25, 0.3) is 11.3 Å². The topological polar surface area (TPSA) is 42.2 Å². The predicted molar refractivity (Wildman–Crippen MR) is 103 cm³/mol. The minimum absolute atomic E-state index is 0.423. The Bertz CT molecular complexity index is 997. The summed E-state index contributed by atoms with van der Waals surface area (Å²) < 4.78 is 44.7. The van der Waals surface area contributed by atoms with Crippen LogP contribution in [-0.4, -0.2) is 21.4 Å². The number of fused-ring (bicyclic) bond motifs is 1. The molecule has 4 nitrogen and oxygen atoms in total. The zero-order chi connectivity index (χ0) is 20.4. The molecule has 1 aromatic carbocycles. The van der Waals surface area contributed by atoms with E-state index < -0.39 is 11.7 Å². The zero-order valence-corrected chi connectivity index (χ0v) is 16.2. The highest BCUT2D eigenvalue weighted by molar-refractivity contribution is 5.58. The highest BCUT2D eigenvalue weighted by Gasteiger charge is 2.30. The second kappa shape index (κ2) is 7.99. The third-order valence-electron chi connectivity index (χ3n) is 5.05. The van der Waals surface area contributed by atoms with Crippen molar-refractivity contribution in [3.8, 4) is 11.3 Å². The van der Waals surface area contributed by atoms with Gasteiger partial charge in [-0.2, -0.15) is 13.2 Å². The molecule has 0 spiro atoms. The maximum absolute atomic E-state index is 12.9. The van der Waals surface area contributed by atoms with Gasteiger partial charge in [-0.15, -0.1) is 0 Å². The molecule has 0 saturated carbocycles. The zero-order valence-electron chi connectivity index (χ0n) is 16.2. The summed E-state index contributed by atoms with van der Waals surface area (Å²) in [5.74, 6) is 2.07. The smallest absolute Gasteiger partial charge is 0.416 e. The maximum atomic E-state index is 12.9. The van der Waals surface area contributed by atoms with Gasteiger partial charge in [0.2, 0.25) is 0 Å². The molecule has 29 heavy (non-hydrogen) atoms. The summed E-state index contributed by atoms with van der Waals surface area (Å²) in [6.07, 6.45) is 0.316. The molecule has 0 unspecified atom stereocenters. The summed E-state index contributed by atoms with van der Waals surface area (Å²) in [6, 6.07) is 8.75. The fourth-order valence-electron chi connectivity index (χ4n) is 3.58. The Morgan fingerprint density at radius 2 is 2.03 bits per heavy atom. The van der Waals surface area contributed by atoms with Gasteiger partial charge in [-0.05, 0) is 30.7 Å². The van der Waals surface area contributed by atoms with Crippen LogP contribution in [0.4, 0.5) is 13.2 Å². The Labute approximate surface area is 167 Å². The Kier molecular flexibility index (Phi) is 5.41. The predicted octanol–water partition coefficient (Wildman–Crippen LogP) is 5.27. The van der Waals surface area contributed by atoms with Gasteiger partial charge in [0.05, 0.1) is 12.1 Å². The van der Waals surface area contributed by atoms with E-state index in [0.717, 1.165) is 67.3 Å². The second-order valence-electron chi connectivity index (χ2n) is 7.31. The van der Waals surface area contributed by atoms with E-state index in [4.69, 9.17) is 4.42 Å². The van der Waals surface area contributed by atoms with Crippen molar-refractivity contribution in [1.82, 2.24) is 14.9 Å². The van der Waals surface area contributed by atoms with Gasteiger partial charge < -0.3 is 4.42 Å². The average Bonchev–Trinajstić information content (AvgIpc) is 3.16. The molecule has 2 aromatic heterocycles. The van der Waals surface area contributed by atoms with Crippen molar-refractivity contribution in [1.29, 1.82) is 0 Å². The number of rotatable bonds is 5. The van der Waals surface area contributed by atoms with Gasteiger partial charge in [-0.25, -0.2) is 9.97 Å². The largest absolute Gasteiger partial charge is 0.460 e. The van der Waals surface area contributed by atoms with Gasteiger partial charge in [-0.1, -0.05) is 19.1 Å². The normalized spacial score (nSPS) is 14.8. The number of aromatic nitrogens is 2.